The van der Waals surface area contributed by atoms with Gasteiger partial charge in [0.2, 0.25) is 11.8 Å². The number of nitrogens with two attached hydrogens (primary N) is 1. The standard InChI is InChI=1S/C33H32FN5O5S/c1-20(29-15-22(19-45-29)31(35)36)38-33(42)28-16-27(44-24-5-3-2-4-6-24)18-39(28)30(40)17-37-32(41)21-7-11-25(12-8-21)43-26-13-9-23(34)10-14-26/h2-15,19-20,27-28H,16-18H2,1H3,(H3,35,36)(H,37,41)(H,38,42)/t20-,27-,28+/m1/s1. The van der Waals surface area contributed by atoms with E-state index in [-0.39, 0.29) is 43.1 Å². The quantitative estimate of drug-likeness (QED) is 0.141. The van der Waals surface area contributed by atoms with Crippen molar-refractivity contribution in [2.24, 2.45) is 5.73 Å². The van der Waals surface area contributed by atoms with Crippen molar-refractivity contribution in [2.45, 2.75) is 31.5 Å². The van der Waals surface area contributed by atoms with Crippen molar-refractivity contribution in [1.82, 2.24) is 15.5 Å². The number of carbonyl (C=O) groups is 3. The fourth-order valence-electron chi connectivity index (χ4n) is 4.87. The van der Waals surface area contributed by atoms with Crippen molar-refractivity contribution >= 4 is 34.9 Å². The van der Waals surface area contributed by atoms with Gasteiger partial charge in [-0.3, -0.25) is 19.8 Å². The van der Waals surface area contributed by atoms with Gasteiger partial charge in [-0.1, -0.05) is 18.2 Å². The molecule has 45 heavy (non-hydrogen) atoms. The van der Waals surface area contributed by atoms with Crippen LogP contribution in [0.25, 0.3) is 0 Å². The second-order valence-electron chi connectivity index (χ2n) is 10.5. The first kappa shape index (κ1) is 31.2. The molecule has 1 aliphatic heterocycles. The van der Waals surface area contributed by atoms with Gasteiger partial charge in [0.25, 0.3) is 5.91 Å². The van der Waals surface area contributed by atoms with Crippen LogP contribution in [0.5, 0.6) is 17.2 Å². The summed E-state index contributed by atoms with van der Waals surface area (Å²) in [4.78, 5) is 42.0. The van der Waals surface area contributed by atoms with Gasteiger partial charge in [0.1, 0.15) is 41.0 Å². The molecule has 0 radical (unpaired) electrons. The van der Waals surface area contributed by atoms with Crippen LogP contribution in [0.15, 0.2) is 90.3 Å². The lowest BCUT2D eigenvalue weighted by Gasteiger charge is -2.25. The smallest absolute Gasteiger partial charge is 0.251 e. The van der Waals surface area contributed by atoms with Gasteiger partial charge < -0.3 is 30.7 Å². The van der Waals surface area contributed by atoms with Gasteiger partial charge in [-0.15, -0.1) is 11.3 Å². The normalized spacial score (nSPS) is 16.4. The molecular weight excluding hydrogens is 597 g/mol. The lowest BCUT2D eigenvalue weighted by Crippen LogP contribution is -2.49. The van der Waals surface area contributed by atoms with Crippen LogP contribution in [0, 0.1) is 11.2 Å². The SMILES string of the molecule is C[C@@H](NC(=O)[C@@H]1C[C@@H](Oc2ccccc2)CN1C(=O)CNC(=O)c1ccc(Oc2ccc(F)cc2)cc1)c1cc(C(=N)N)cs1. The predicted molar refractivity (Wildman–Crippen MR) is 168 cm³/mol. The number of benzene rings is 3. The molecule has 3 atom stereocenters. The van der Waals surface area contributed by atoms with E-state index < -0.39 is 24.0 Å². The highest BCUT2D eigenvalue weighted by Gasteiger charge is 2.41. The highest BCUT2D eigenvalue weighted by Crippen LogP contribution is 2.26. The summed E-state index contributed by atoms with van der Waals surface area (Å²) in [6, 6.07) is 21.6. The number of nitrogen functional groups attached to an aromatic ring is 1. The molecule has 0 aliphatic carbocycles. The Morgan fingerprint density at radius 3 is 2.31 bits per heavy atom. The van der Waals surface area contributed by atoms with Crippen molar-refractivity contribution < 1.29 is 28.2 Å². The summed E-state index contributed by atoms with van der Waals surface area (Å²) in [6.07, 6.45) is -0.163. The summed E-state index contributed by atoms with van der Waals surface area (Å²) in [6.45, 7) is 1.67. The zero-order valence-electron chi connectivity index (χ0n) is 24.4. The highest BCUT2D eigenvalue weighted by molar-refractivity contribution is 7.10. The van der Waals surface area contributed by atoms with Crippen molar-refractivity contribution in [1.29, 1.82) is 5.41 Å². The fraction of sp³-hybridized carbons (Fsp3) is 0.212. The molecule has 232 valence electrons. The van der Waals surface area contributed by atoms with Crippen LogP contribution in [0.1, 0.15) is 40.2 Å². The van der Waals surface area contributed by atoms with Gasteiger partial charge in [0.05, 0.1) is 19.1 Å². The minimum absolute atomic E-state index is 0.0548. The predicted octanol–water partition coefficient (Wildman–Crippen LogP) is 4.62. The van der Waals surface area contributed by atoms with Crippen molar-refractivity contribution in [3.63, 3.8) is 0 Å². The fourth-order valence-corrected chi connectivity index (χ4v) is 5.79. The van der Waals surface area contributed by atoms with Gasteiger partial charge in [-0.25, -0.2) is 4.39 Å². The van der Waals surface area contributed by atoms with Crippen molar-refractivity contribution in [3.8, 4) is 17.2 Å². The largest absolute Gasteiger partial charge is 0.488 e. The average Bonchev–Trinajstić information content (AvgIpc) is 3.70. The minimum atomic E-state index is -0.819. The maximum Gasteiger partial charge on any atom is 0.251 e. The Morgan fingerprint density at radius 1 is 1.00 bits per heavy atom. The Hall–Kier alpha value is -5.23. The van der Waals surface area contributed by atoms with E-state index in [1.807, 2.05) is 25.1 Å². The zero-order valence-corrected chi connectivity index (χ0v) is 25.2. The Kier molecular flexibility index (Phi) is 9.73. The third-order valence-electron chi connectivity index (χ3n) is 7.21. The average molecular weight is 630 g/mol. The van der Waals surface area contributed by atoms with Gasteiger partial charge in [-0.2, -0.15) is 0 Å². The van der Waals surface area contributed by atoms with Crippen LogP contribution < -0.4 is 25.8 Å². The third kappa shape index (κ3) is 8.03. The van der Waals surface area contributed by atoms with Gasteiger partial charge in [0, 0.05) is 27.8 Å². The van der Waals surface area contributed by atoms with Crippen LogP contribution in [0.3, 0.4) is 0 Å². The molecule has 0 bridgehead atoms. The number of para-hydroxylation sites is 1. The number of rotatable bonds is 11. The summed E-state index contributed by atoms with van der Waals surface area (Å²) in [7, 11) is 0. The molecule has 0 saturated carbocycles. The molecule has 5 N–H and O–H groups in total. The van der Waals surface area contributed by atoms with E-state index in [2.05, 4.69) is 10.6 Å². The topological polar surface area (TPSA) is 147 Å². The van der Waals surface area contributed by atoms with E-state index in [0.717, 1.165) is 4.88 Å². The molecule has 2 heterocycles. The second kappa shape index (κ2) is 14.0. The molecule has 1 fully saturated rings. The number of halogens is 1. The molecular formula is C33H32FN5O5S. The highest BCUT2D eigenvalue weighted by atomic mass is 32.1. The summed E-state index contributed by atoms with van der Waals surface area (Å²) in [5.74, 6) is -0.150. The first-order chi connectivity index (χ1) is 21.7. The van der Waals surface area contributed by atoms with E-state index in [0.29, 0.717) is 28.4 Å². The van der Waals surface area contributed by atoms with E-state index >= 15 is 0 Å². The number of likely N-dealkylation sites (tertiary alicyclic amines) is 1. The third-order valence-corrected chi connectivity index (χ3v) is 8.33. The van der Waals surface area contributed by atoms with Gasteiger partial charge in [-0.05, 0) is 73.7 Å². The van der Waals surface area contributed by atoms with Crippen molar-refractivity contribution in [3.05, 3.63) is 112 Å². The summed E-state index contributed by atoms with van der Waals surface area (Å²) in [5, 5.41) is 15.0. The van der Waals surface area contributed by atoms with Crippen LogP contribution >= 0.6 is 11.3 Å². The number of amides is 3. The molecule has 12 heteroatoms. The molecule has 5 rings (SSSR count). The molecule has 4 aromatic rings. The van der Waals surface area contributed by atoms with Gasteiger partial charge in [0.15, 0.2) is 0 Å². The number of amidine groups is 1. The first-order valence-electron chi connectivity index (χ1n) is 14.2. The van der Waals surface area contributed by atoms with E-state index in [1.165, 1.54) is 40.5 Å². The molecule has 10 nitrogen and oxygen atoms in total. The molecule has 3 amide bonds. The Bertz CT molecular complexity index is 1660. The number of carbonyl (C=O) groups excluding carboxylic acids is 3. The van der Waals surface area contributed by atoms with Crippen LogP contribution in [-0.2, 0) is 9.59 Å². The molecule has 1 saturated heterocycles. The lowest BCUT2D eigenvalue weighted by molar-refractivity contribution is -0.138. The Morgan fingerprint density at radius 2 is 1.67 bits per heavy atom. The number of hydrogen-bond acceptors (Lipinski definition) is 7. The molecule has 1 aromatic heterocycles. The Balaban J connectivity index is 1.22. The molecule has 0 unspecified atom stereocenters. The number of nitrogens with zero attached hydrogens (tertiary/aromatic N) is 1. The molecule has 0 spiro atoms. The summed E-state index contributed by atoms with van der Waals surface area (Å²) in [5.41, 5.74) is 6.47. The van der Waals surface area contributed by atoms with E-state index in [9.17, 15) is 18.8 Å². The maximum absolute atomic E-state index is 13.5. The number of ether oxygens (including phenoxy) is 2. The Labute approximate surface area is 263 Å². The zero-order chi connectivity index (χ0) is 31.9. The second-order valence-corrected chi connectivity index (χ2v) is 11.4. The number of nitrogens with one attached hydrogen (secondary N) is 3. The van der Waals surface area contributed by atoms with Gasteiger partial charge >= 0.3 is 0 Å². The molecule has 3 aromatic carbocycles. The van der Waals surface area contributed by atoms with E-state index in [4.69, 9.17) is 20.6 Å². The molecule has 1 aliphatic rings. The number of hydrogen-bond donors (Lipinski definition) is 4. The summed E-state index contributed by atoms with van der Waals surface area (Å²) < 4.78 is 24.9. The first-order valence-corrected chi connectivity index (χ1v) is 15.1. The van der Waals surface area contributed by atoms with Crippen LogP contribution in [0.4, 0.5) is 4.39 Å². The lowest BCUT2D eigenvalue weighted by atomic mass is 10.1. The van der Waals surface area contributed by atoms with E-state index in [1.54, 1.807) is 47.8 Å². The minimum Gasteiger partial charge on any atom is -0.488 e. The monoisotopic (exact) mass is 629 g/mol. The van der Waals surface area contributed by atoms with Crippen LogP contribution in [0.2, 0.25) is 0 Å². The van der Waals surface area contributed by atoms with Crippen LogP contribution in [-0.4, -0.2) is 53.7 Å². The maximum atomic E-state index is 13.5. The summed E-state index contributed by atoms with van der Waals surface area (Å²) >= 11 is 1.38. The number of thiophene rings is 1. The van der Waals surface area contributed by atoms with Crippen molar-refractivity contribution in [2.75, 3.05) is 13.1 Å².